The van der Waals surface area contributed by atoms with E-state index in [2.05, 4.69) is 17.3 Å². The number of nitrogens with one attached hydrogen (secondary N) is 1. The van der Waals surface area contributed by atoms with Gasteiger partial charge in [-0.3, -0.25) is 9.59 Å². The van der Waals surface area contributed by atoms with Crippen molar-refractivity contribution >= 4 is 11.8 Å². The summed E-state index contributed by atoms with van der Waals surface area (Å²) >= 11 is 0. The summed E-state index contributed by atoms with van der Waals surface area (Å²) in [4.78, 5) is 30.0. The Bertz CT molecular complexity index is 804. The lowest BCUT2D eigenvalue weighted by Crippen LogP contribution is -2.53. The zero-order valence-corrected chi connectivity index (χ0v) is 16.2. The summed E-state index contributed by atoms with van der Waals surface area (Å²) in [6.07, 6.45) is 4.26. The first-order valence-electron chi connectivity index (χ1n) is 9.70. The first-order valence-corrected chi connectivity index (χ1v) is 9.70. The summed E-state index contributed by atoms with van der Waals surface area (Å²) in [6, 6.07) is 7.63. The first-order chi connectivity index (χ1) is 13.0. The fourth-order valence-electron chi connectivity index (χ4n) is 5.09. The van der Waals surface area contributed by atoms with Gasteiger partial charge in [-0.25, -0.2) is 0 Å². The molecule has 0 saturated heterocycles. The van der Waals surface area contributed by atoms with Crippen LogP contribution in [-0.2, 0) is 9.59 Å². The molecule has 3 atom stereocenters. The van der Waals surface area contributed by atoms with Crippen molar-refractivity contribution in [3.63, 3.8) is 0 Å². The van der Waals surface area contributed by atoms with Crippen LogP contribution in [0.25, 0.3) is 0 Å². The highest BCUT2D eigenvalue weighted by molar-refractivity contribution is 5.99. The van der Waals surface area contributed by atoms with Crippen molar-refractivity contribution in [1.82, 2.24) is 15.1 Å². The van der Waals surface area contributed by atoms with E-state index in [0.717, 1.165) is 36.9 Å². The van der Waals surface area contributed by atoms with Gasteiger partial charge in [0.15, 0.2) is 0 Å². The molecule has 2 aliphatic heterocycles. The van der Waals surface area contributed by atoms with Gasteiger partial charge in [0.2, 0.25) is 5.91 Å². The van der Waals surface area contributed by atoms with Gasteiger partial charge in [0.05, 0.1) is 31.3 Å². The topological polar surface area (TPSA) is 61.9 Å². The summed E-state index contributed by atoms with van der Waals surface area (Å²) < 4.78 is 5.61. The largest absolute Gasteiger partial charge is 0.496 e. The SMILES string of the molecule is COc1ccccc1[C@@H]1C2=C(CNC2=O)N(C)[C@@H]2CCCC[C@H]2N1C(C)=O. The van der Waals surface area contributed by atoms with E-state index in [9.17, 15) is 9.59 Å². The molecule has 0 radical (unpaired) electrons. The zero-order valence-electron chi connectivity index (χ0n) is 16.2. The van der Waals surface area contributed by atoms with E-state index in [1.807, 2.05) is 29.2 Å². The number of carbonyl (C=O) groups is 2. The minimum atomic E-state index is -0.424. The molecule has 2 heterocycles. The number of fused-ring (bicyclic) bond motifs is 1. The van der Waals surface area contributed by atoms with Crippen LogP contribution in [0.1, 0.15) is 44.2 Å². The van der Waals surface area contributed by atoms with E-state index in [1.54, 1.807) is 14.0 Å². The number of methoxy groups -OCH3 is 1. The molecule has 144 valence electrons. The molecular weight excluding hydrogens is 342 g/mol. The highest BCUT2D eigenvalue weighted by Crippen LogP contribution is 2.45. The number of rotatable bonds is 2. The Kier molecular flexibility index (Phi) is 4.58. The van der Waals surface area contributed by atoms with Crippen molar-refractivity contribution < 1.29 is 14.3 Å². The molecule has 6 heteroatoms. The Morgan fingerprint density at radius 3 is 2.59 bits per heavy atom. The van der Waals surface area contributed by atoms with E-state index in [4.69, 9.17) is 4.74 Å². The molecule has 1 aromatic carbocycles. The number of benzene rings is 1. The summed E-state index contributed by atoms with van der Waals surface area (Å²) in [7, 11) is 3.70. The van der Waals surface area contributed by atoms with E-state index in [-0.39, 0.29) is 23.9 Å². The standard InChI is InChI=1S/C21H27N3O3/c1-13(25)24-16-10-6-5-9-15(16)23(2)17-12-22-21(26)19(17)20(24)14-8-4-7-11-18(14)27-3/h4,7-8,11,15-16,20H,5-6,9-10,12H2,1-3H3,(H,22,26)/t15-,16-,20-/m1/s1. The van der Waals surface area contributed by atoms with E-state index < -0.39 is 6.04 Å². The molecule has 2 amide bonds. The van der Waals surface area contributed by atoms with Crippen LogP contribution in [0.2, 0.25) is 0 Å². The number of hydrogen-bond donors (Lipinski definition) is 1. The molecule has 0 bridgehead atoms. The maximum atomic E-state index is 12.9. The molecule has 6 nitrogen and oxygen atoms in total. The average molecular weight is 369 g/mol. The van der Waals surface area contributed by atoms with Gasteiger partial charge >= 0.3 is 0 Å². The molecule has 3 aliphatic rings. The van der Waals surface area contributed by atoms with Crippen molar-refractivity contribution in [2.24, 2.45) is 0 Å². The first kappa shape index (κ1) is 17.9. The number of carbonyl (C=O) groups excluding carboxylic acids is 2. The van der Waals surface area contributed by atoms with Crippen LogP contribution in [0, 0.1) is 0 Å². The second kappa shape index (κ2) is 6.91. The van der Waals surface area contributed by atoms with Crippen LogP contribution in [0.4, 0.5) is 0 Å². The third-order valence-corrected chi connectivity index (χ3v) is 6.30. The van der Waals surface area contributed by atoms with E-state index in [1.165, 1.54) is 0 Å². The minimum Gasteiger partial charge on any atom is -0.496 e. The lowest BCUT2D eigenvalue weighted by Gasteiger charge is -2.44. The summed E-state index contributed by atoms with van der Waals surface area (Å²) in [5.41, 5.74) is 2.57. The molecule has 0 unspecified atom stereocenters. The van der Waals surface area contributed by atoms with Gasteiger partial charge in [0.1, 0.15) is 5.75 Å². The van der Waals surface area contributed by atoms with Crippen molar-refractivity contribution in [2.45, 2.75) is 50.7 Å². The molecule has 1 saturated carbocycles. The molecule has 1 N–H and O–H groups in total. The molecule has 0 aromatic heterocycles. The predicted octanol–water partition coefficient (Wildman–Crippen LogP) is 2.23. The normalized spacial score (nSPS) is 27.7. The van der Waals surface area contributed by atoms with E-state index in [0.29, 0.717) is 17.9 Å². The number of likely N-dealkylation sites (N-methyl/N-ethyl adjacent to an activating group) is 1. The van der Waals surface area contributed by atoms with Crippen LogP contribution in [0.3, 0.4) is 0 Å². The molecule has 27 heavy (non-hydrogen) atoms. The van der Waals surface area contributed by atoms with Crippen LogP contribution >= 0.6 is 0 Å². The lowest BCUT2D eigenvalue weighted by atomic mass is 9.86. The highest BCUT2D eigenvalue weighted by atomic mass is 16.5. The molecule has 1 aromatic rings. The van der Waals surface area contributed by atoms with Gasteiger partial charge in [-0.05, 0) is 18.9 Å². The van der Waals surface area contributed by atoms with Gasteiger partial charge in [0.25, 0.3) is 5.91 Å². The van der Waals surface area contributed by atoms with Gasteiger partial charge < -0.3 is 19.9 Å². The maximum absolute atomic E-state index is 12.9. The Balaban J connectivity index is 1.96. The van der Waals surface area contributed by atoms with Crippen LogP contribution in [0.5, 0.6) is 5.75 Å². The summed E-state index contributed by atoms with van der Waals surface area (Å²) in [5, 5.41) is 2.98. The second-order valence-corrected chi connectivity index (χ2v) is 7.64. The lowest BCUT2D eigenvalue weighted by molar-refractivity contribution is -0.135. The fraction of sp³-hybridized carbons (Fsp3) is 0.524. The second-order valence-electron chi connectivity index (χ2n) is 7.64. The zero-order chi connectivity index (χ0) is 19.1. The number of para-hydroxylation sites is 1. The Labute approximate surface area is 160 Å². The third kappa shape index (κ3) is 2.78. The Morgan fingerprint density at radius 2 is 1.89 bits per heavy atom. The Morgan fingerprint density at radius 1 is 1.19 bits per heavy atom. The maximum Gasteiger partial charge on any atom is 0.251 e. The monoisotopic (exact) mass is 369 g/mol. The number of nitrogens with zero attached hydrogens (tertiary/aromatic N) is 2. The molecule has 0 spiro atoms. The number of ether oxygens (including phenoxy) is 1. The van der Waals surface area contributed by atoms with Gasteiger partial charge in [-0.2, -0.15) is 0 Å². The highest BCUT2D eigenvalue weighted by Gasteiger charge is 2.48. The molecule has 1 fully saturated rings. The Hall–Kier alpha value is -2.50. The summed E-state index contributed by atoms with van der Waals surface area (Å²) in [6.45, 7) is 2.14. The molecule has 4 rings (SSSR count). The van der Waals surface area contributed by atoms with Crippen LogP contribution < -0.4 is 10.1 Å². The van der Waals surface area contributed by atoms with E-state index >= 15 is 0 Å². The van der Waals surface area contributed by atoms with Crippen LogP contribution in [-0.4, -0.2) is 54.4 Å². The smallest absolute Gasteiger partial charge is 0.251 e. The number of hydrogen-bond acceptors (Lipinski definition) is 4. The van der Waals surface area contributed by atoms with Crippen molar-refractivity contribution in [3.8, 4) is 5.75 Å². The van der Waals surface area contributed by atoms with Crippen LogP contribution in [0.15, 0.2) is 35.5 Å². The molecule has 1 aliphatic carbocycles. The fourth-order valence-corrected chi connectivity index (χ4v) is 5.09. The van der Waals surface area contributed by atoms with Crippen molar-refractivity contribution in [2.75, 3.05) is 20.7 Å². The third-order valence-electron chi connectivity index (χ3n) is 6.30. The number of amides is 2. The average Bonchev–Trinajstić information content (AvgIpc) is 3.01. The van der Waals surface area contributed by atoms with Gasteiger partial charge in [-0.1, -0.05) is 31.0 Å². The predicted molar refractivity (Wildman–Crippen MR) is 102 cm³/mol. The van der Waals surface area contributed by atoms with Crippen molar-refractivity contribution in [3.05, 3.63) is 41.1 Å². The van der Waals surface area contributed by atoms with Crippen molar-refractivity contribution in [1.29, 1.82) is 0 Å². The summed E-state index contributed by atoms with van der Waals surface area (Å²) in [5.74, 6) is 0.625. The van der Waals surface area contributed by atoms with Gasteiger partial charge in [-0.15, -0.1) is 0 Å². The molecular formula is C21H27N3O3. The van der Waals surface area contributed by atoms with Gasteiger partial charge in [0, 0.05) is 31.3 Å². The quantitative estimate of drug-likeness (QED) is 0.868. The minimum absolute atomic E-state index is 0.00431.